The molecule has 0 radical (unpaired) electrons. The molecule has 0 saturated carbocycles. The molecule has 1 N–H and O–H groups in total. The predicted molar refractivity (Wildman–Crippen MR) is 85.6 cm³/mol. The van der Waals surface area contributed by atoms with Crippen LogP contribution in [0.2, 0.25) is 0 Å². The predicted octanol–water partition coefficient (Wildman–Crippen LogP) is 4.13. The lowest BCUT2D eigenvalue weighted by Gasteiger charge is -2.16. The van der Waals surface area contributed by atoms with E-state index in [0.29, 0.717) is 12.0 Å². The summed E-state index contributed by atoms with van der Waals surface area (Å²) in [5.74, 6) is -1.42. The van der Waals surface area contributed by atoms with Crippen molar-refractivity contribution >= 4 is 10.0 Å². The Balaban J connectivity index is 2.24. The maximum Gasteiger partial charge on any atom is 0.244 e. The topological polar surface area (TPSA) is 46.2 Å². The van der Waals surface area contributed by atoms with E-state index in [1.807, 2.05) is 24.3 Å². The van der Waals surface area contributed by atoms with Crippen LogP contribution in [0.5, 0.6) is 0 Å². The Morgan fingerprint density at radius 3 is 2.04 bits per heavy atom. The van der Waals surface area contributed by atoms with E-state index < -0.39 is 32.6 Å². The van der Waals surface area contributed by atoms with E-state index in [4.69, 9.17) is 0 Å². The van der Waals surface area contributed by atoms with E-state index in [1.54, 1.807) is 6.92 Å². The molecule has 0 aromatic heterocycles. The third kappa shape index (κ3) is 4.14. The average Bonchev–Trinajstić information content (AvgIpc) is 2.49. The fraction of sp³-hybridized carbons (Fsp3) is 0.294. The molecule has 2 rings (SSSR count). The maximum atomic E-state index is 13.7. The van der Waals surface area contributed by atoms with Crippen molar-refractivity contribution in [2.45, 2.75) is 37.6 Å². The average molecular weight is 339 g/mol. The molecule has 0 spiro atoms. The molecule has 124 valence electrons. The number of benzene rings is 2. The van der Waals surface area contributed by atoms with Crippen molar-refractivity contribution in [1.82, 2.24) is 4.72 Å². The lowest BCUT2D eigenvalue weighted by atomic mass is 10.00. The Kier molecular flexibility index (Phi) is 5.16. The zero-order chi connectivity index (χ0) is 17.2. The summed E-state index contributed by atoms with van der Waals surface area (Å²) in [6.45, 7) is 5.78. The quantitative estimate of drug-likeness (QED) is 0.890. The fourth-order valence-electron chi connectivity index (χ4n) is 2.22. The summed E-state index contributed by atoms with van der Waals surface area (Å²) in [4.78, 5) is -0.692. The highest BCUT2D eigenvalue weighted by atomic mass is 32.2. The highest BCUT2D eigenvalue weighted by Crippen LogP contribution is 2.22. The van der Waals surface area contributed by atoms with Crippen LogP contribution in [0.15, 0.2) is 47.4 Å². The smallest absolute Gasteiger partial charge is 0.207 e. The molecule has 0 fully saturated rings. The van der Waals surface area contributed by atoms with Crippen LogP contribution in [0.1, 0.15) is 43.9 Å². The molecule has 0 saturated heterocycles. The van der Waals surface area contributed by atoms with E-state index in [2.05, 4.69) is 18.6 Å². The largest absolute Gasteiger partial charge is 0.244 e. The highest BCUT2D eigenvalue weighted by molar-refractivity contribution is 7.89. The maximum absolute atomic E-state index is 13.7. The first-order valence-corrected chi connectivity index (χ1v) is 8.76. The Hall–Kier alpha value is -1.79. The van der Waals surface area contributed by atoms with Gasteiger partial charge in [0.15, 0.2) is 0 Å². The van der Waals surface area contributed by atoms with Crippen LogP contribution >= 0.6 is 0 Å². The summed E-state index contributed by atoms with van der Waals surface area (Å²) in [7, 11) is -4.15. The van der Waals surface area contributed by atoms with Crippen molar-refractivity contribution in [3.8, 4) is 0 Å². The van der Waals surface area contributed by atoms with Gasteiger partial charge in [0.25, 0.3) is 0 Å². The molecule has 2 aromatic carbocycles. The molecule has 1 unspecified atom stereocenters. The first kappa shape index (κ1) is 17.6. The summed E-state index contributed by atoms with van der Waals surface area (Å²) < 4.78 is 53.7. The molecule has 0 aliphatic carbocycles. The molecule has 0 aliphatic heterocycles. The molecule has 0 heterocycles. The second-order valence-corrected chi connectivity index (χ2v) is 7.42. The first-order chi connectivity index (χ1) is 10.7. The summed E-state index contributed by atoms with van der Waals surface area (Å²) in [5.41, 5.74) is 1.88. The third-order valence-electron chi connectivity index (χ3n) is 3.62. The van der Waals surface area contributed by atoms with Gasteiger partial charge in [-0.1, -0.05) is 38.1 Å². The Morgan fingerprint density at radius 1 is 0.913 bits per heavy atom. The van der Waals surface area contributed by atoms with Crippen LogP contribution in [0.4, 0.5) is 8.78 Å². The Labute approximate surface area is 135 Å². The SMILES string of the molecule is CC(C)c1ccc(C(C)NS(=O)(=O)c2cc(F)ccc2F)cc1. The van der Waals surface area contributed by atoms with Gasteiger partial charge in [0, 0.05) is 6.04 Å². The molecule has 23 heavy (non-hydrogen) atoms. The number of halogens is 2. The zero-order valence-corrected chi connectivity index (χ0v) is 14.0. The van der Waals surface area contributed by atoms with Crippen LogP contribution < -0.4 is 4.72 Å². The highest BCUT2D eigenvalue weighted by Gasteiger charge is 2.22. The fourth-order valence-corrected chi connectivity index (χ4v) is 3.54. The second kappa shape index (κ2) is 6.76. The molecule has 1 atom stereocenters. The zero-order valence-electron chi connectivity index (χ0n) is 13.2. The van der Waals surface area contributed by atoms with Gasteiger partial charge in [-0.05, 0) is 42.2 Å². The molecular weight excluding hydrogens is 320 g/mol. The van der Waals surface area contributed by atoms with Crippen molar-refractivity contribution in [1.29, 1.82) is 0 Å². The van der Waals surface area contributed by atoms with Gasteiger partial charge in [0.1, 0.15) is 16.5 Å². The van der Waals surface area contributed by atoms with Gasteiger partial charge in [-0.3, -0.25) is 0 Å². The molecule has 6 heteroatoms. The van der Waals surface area contributed by atoms with Gasteiger partial charge in [-0.2, -0.15) is 0 Å². The molecule has 3 nitrogen and oxygen atoms in total. The van der Waals surface area contributed by atoms with Crippen molar-refractivity contribution in [2.24, 2.45) is 0 Å². The van der Waals surface area contributed by atoms with Crippen LogP contribution in [0, 0.1) is 11.6 Å². The van der Waals surface area contributed by atoms with E-state index in [1.165, 1.54) is 0 Å². The number of nitrogens with one attached hydrogen (secondary N) is 1. The number of sulfonamides is 1. The summed E-state index contributed by atoms with van der Waals surface area (Å²) in [6.07, 6.45) is 0. The van der Waals surface area contributed by atoms with Crippen molar-refractivity contribution in [3.05, 3.63) is 65.2 Å². The van der Waals surface area contributed by atoms with Crippen LogP contribution in [0.3, 0.4) is 0 Å². The first-order valence-electron chi connectivity index (χ1n) is 7.28. The second-order valence-electron chi connectivity index (χ2n) is 5.74. The summed E-state index contributed by atoms with van der Waals surface area (Å²) in [6, 6.07) is 9.28. The van der Waals surface area contributed by atoms with E-state index in [9.17, 15) is 17.2 Å². The molecule has 0 amide bonds. The van der Waals surface area contributed by atoms with Gasteiger partial charge in [-0.25, -0.2) is 21.9 Å². The Morgan fingerprint density at radius 2 is 1.48 bits per heavy atom. The lowest BCUT2D eigenvalue weighted by molar-refractivity contribution is 0.538. The van der Waals surface area contributed by atoms with Crippen LogP contribution in [-0.2, 0) is 10.0 Å². The van der Waals surface area contributed by atoms with Crippen molar-refractivity contribution in [2.75, 3.05) is 0 Å². The minimum absolute atomic E-state index is 0.373. The number of hydrogen-bond acceptors (Lipinski definition) is 2. The van der Waals surface area contributed by atoms with E-state index in [-0.39, 0.29) is 0 Å². The van der Waals surface area contributed by atoms with Gasteiger partial charge >= 0.3 is 0 Å². The molecule has 0 aliphatic rings. The number of rotatable bonds is 5. The normalized spacial score (nSPS) is 13.3. The molecule has 2 aromatic rings. The summed E-state index contributed by atoms with van der Waals surface area (Å²) >= 11 is 0. The molecule has 0 bridgehead atoms. The van der Waals surface area contributed by atoms with Gasteiger partial charge < -0.3 is 0 Å². The minimum atomic E-state index is -4.15. The van der Waals surface area contributed by atoms with E-state index >= 15 is 0 Å². The van der Waals surface area contributed by atoms with Crippen molar-refractivity contribution < 1.29 is 17.2 Å². The Bertz CT molecular complexity index is 787. The molecular formula is C17H19F2NO2S. The van der Waals surface area contributed by atoms with Crippen molar-refractivity contribution in [3.63, 3.8) is 0 Å². The monoisotopic (exact) mass is 339 g/mol. The number of hydrogen-bond donors (Lipinski definition) is 1. The lowest BCUT2D eigenvalue weighted by Crippen LogP contribution is -2.27. The van der Waals surface area contributed by atoms with Gasteiger partial charge in [-0.15, -0.1) is 0 Å². The minimum Gasteiger partial charge on any atom is -0.207 e. The van der Waals surface area contributed by atoms with Gasteiger partial charge in [0.2, 0.25) is 10.0 Å². The standard InChI is InChI=1S/C17H19F2NO2S/c1-11(2)13-4-6-14(7-5-13)12(3)20-23(21,22)17-10-15(18)8-9-16(17)19/h4-12,20H,1-3H3. The third-order valence-corrected chi connectivity index (χ3v) is 5.17. The van der Waals surface area contributed by atoms with Gasteiger partial charge in [0.05, 0.1) is 0 Å². The summed E-state index contributed by atoms with van der Waals surface area (Å²) in [5, 5.41) is 0. The van der Waals surface area contributed by atoms with Crippen LogP contribution in [0.25, 0.3) is 0 Å². The van der Waals surface area contributed by atoms with E-state index in [0.717, 1.165) is 23.3 Å². The van der Waals surface area contributed by atoms with Crippen LogP contribution in [-0.4, -0.2) is 8.42 Å².